The van der Waals surface area contributed by atoms with E-state index in [0.717, 1.165) is 32.4 Å². The van der Waals surface area contributed by atoms with Crippen molar-refractivity contribution in [3.63, 3.8) is 0 Å². The van der Waals surface area contributed by atoms with Gasteiger partial charge in [-0.05, 0) is 45.2 Å². The van der Waals surface area contributed by atoms with E-state index in [2.05, 4.69) is 10.0 Å². The second-order valence-corrected chi connectivity index (χ2v) is 7.26. The molecule has 0 aliphatic carbocycles. The summed E-state index contributed by atoms with van der Waals surface area (Å²) in [6, 6.07) is 0. The van der Waals surface area contributed by atoms with Gasteiger partial charge in [-0.15, -0.1) is 0 Å². The van der Waals surface area contributed by atoms with Crippen LogP contribution in [0.5, 0.6) is 0 Å². The third-order valence-corrected chi connectivity index (χ3v) is 4.65. The van der Waals surface area contributed by atoms with E-state index in [9.17, 15) is 8.42 Å². The maximum Gasteiger partial charge on any atom is 0.212 e. The van der Waals surface area contributed by atoms with Gasteiger partial charge in [0.05, 0.1) is 5.75 Å². The molecule has 0 atom stereocenters. The molecule has 0 unspecified atom stereocenters. The zero-order valence-corrected chi connectivity index (χ0v) is 11.4. The Morgan fingerprint density at radius 1 is 1.31 bits per heavy atom. The molecular weight excluding hydrogens is 224 g/mol. The summed E-state index contributed by atoms with van der Waals surface area (Å²) in [6.07, 6.45) is 2.46. The molecule has 1 aliphatic rings. The Morgan fingerprint density at radius 3 is 2.38 bits per heavy atom. The van der Waals surface area contributed by atoms with Gasteiger partial charge in [0, 0.05) is 5.54 Å². The molecule has 0 spiro atoms. The number of hydrogen-bond donors (Lipinski definition) is 2. The molecule has 5 heteroatoms. The van der Waals surface area contributed by atoms with E-state index in [1.807, 2.05) is 20.8 Å². The minimum atomic E-state index is -3.11. The van der Waals surface area contributed by atoms with Gasteiger partial charge in [0.1, 0.15) is 0 Å². The highest BCUT2D eigenvalue weighted by molar-refractivity contribution is 7.89. The first kappa shape index (κ1) is 13.9. The molecule has 1 aliphatic heterocycles. The first-order chi connectivity index (χ1) is 7.33. The zero-order chi connectivity index (χ0) is 12.2. The largest absolute Gasteiger partial charge is 0.317 e. The highest BCUT2D eigenvalue weighted by Crippen LogP contribution is 2.18. The molecule has 0 radical (unpaired) electrons. The third-order valence-electron chi connectivity index (χ3n) is 3.07. The van der Waals surface area contributed by atoms with Gasteiger partial charge in [-0.25, -0.2) is 13.1 Å². The van der Waals surface area contributed by atoms with Crippen molar-refractivity contribution in [3.8, 4) is 0 Å². The third kappa shape index (κ3) is 4.80. The molecule has 1 heterocycles. The molecular formula is C11H24N2O2S. The van der Waals surface area contributed by atoms with Crippen LogP contribution < -0.4 is 10.0 Å². The number of hydrogen-bond acceptors (Lipinski definition) is 3. The Labute approximate surface area is 99.2 Å². The van der Waals surface area contributed by atoms with Crippen LogP contribution >= 0.6 is 0 Å². The molecule has 1 saturated heterocycles. The average molecular weight is 248 g/mol. The number of piperidine rings is 1. The van der Waals surface area contributed by atoms with Crippen molar-refractivity contribution in [1.82, 2.24) is 10.0 Å². The van der Waals surface area contributed by atoms with Gasteiger partial charge in [-0.1, -0.05) is 13.8 Å². The molecule has 2 N–H and O–H groups in total. The van der Waals surface area contributed by atoms with Gasteiger partial charge in [0.15, 0.2) is 0 Å². The minimum Gasteiger partial charge on any atom is -0.317 e. The van der Waals surface area contributed by atoms with Crippen molar-refractivity contribution in [2.24, 2.45) is 5.92 Å². The molecule has 0 aromatic carbocycles. The van der Waals surface area contributed by atoms with Gasteiger partial charge in [-0.2, -0.15) is 0 Å². The lowest BCUT2D eigenvalue weighted by Crippen LogP contribution is -2.52. The standard InChI is InChI=1S/C11H24N2O2S/c1-10(2)4-9-16(14,15)13-11(3)5-7-12-8-6-11/h10,12-13H,4-9H2,1-3H3. The smallest absolute Gasteiger partial charge is 0.212 e. The fourth-order valence-electron chi connectivity index (χ4n) is 1.90. The maximum atomic E-state index is 11.9. The van der Waals surface area contributed by atoms with E-state index >= 15 is 0 Å². The molecule has 1 rings (SSSR count). The molecule has 0 aromatic heterocycles. The van der Waals surface area contributed by atoms with Gasteiger partial charge in [0.2, 0.25) is 10.0 Å². The summed E-state index contributed by atoms with van der Waals surface area (Å²) in [4.78, 5) is 0. The van der Waals surface area contributed by atoms with Gasteiger partial charge in [0.25, 0.3) is 0 Å². The lowest BCUT2D eigenvalue weighted by molar-refractivity contribution is 0.307. The molecule has 4 nitrogen and oxygen atoms in total. The Hall–Kier alpha value is -0.130. The Bertz CT molecular complexity index is 306. The molecule has 0 bridgehead atoms. The second kappa shape index (κ2) is 5.47. The van der Waals surface area contributed by atoms with Crippen LogP contribution in [-0.2, 0) is 10.0 Å². The minimum absolute atomic E-state index is 0.244. The van der Waals surface area contributed by atoms with Crippen LogP contribution in [0.2, 0.25) is 0 Å². The summed E-state index contributed by atoms with van der Waals surface area (Å²) in [5.41, 5.74) is -0.249. The molecule has 0 amide bonds. The quantitative estimate of drug-likeness (QED) is 0.766. The van der Waals surface area contributed by atoms with Crippen molar-refractivity contribution in [2.45, 2.75) is 45.6 Å². The zero-order valence-electron chi connectivity index (χ0n) is 10.5. The van der Waals surface area contributed by atoms with E-state index in [4.69, 9.17) is 0 Å². The fourth-order valence-corrected chi connectivity index (χ4v) is 3.74. The normalized spacial score (nSPS) is 21.2. The van der Waals surface area contributed by atoms with Gasteiger partial charge in [-0.3, -0.25) is 0 Å². The van der Waals surface area contributed by atoms with Crippen LogP contribution in [0.15, 0.2) is 0 Å². The van der Waals surface area contributed by atoms with Crippen LogP contribution in [0.3, 0.4) is 0 Å². The molecule has 1 fully saturated rings. The average Bonchev–Trinajstić information content (AvgIpc) is 2.14. The first-order valence-corrected chi connectivity index (χ1v) is 7.71. The van der Waals surface area contributed by atoms with Gasteiger partial charge < -0.3 is 5.32 Å². The van der Waals surface area contributed by atoms with Crippen molar-refractivity contribution < 1.29 is 8.42 Å². The number of nitrogens with one attached hydrogen (secondary N) is 2. The highest BCUT2D eigenvalue weighted by Gasteiger charge is 2.30. The van der Waals surface area contributed by atoms with E-state index in [0.29, 0.717) is 5.92 Å². The topological polar surface area (TPSA) is 58.2 Å². The Morgan fingerprint density at radius 2 is 1.88 bits per heavy atom. The first-order valence-electron chi connectivity index (χ1n) is 6.05. The van der Waals surface area contributed by atoms with Crippen LogP contribution in [0.25, 0.3) is 0 Å². The summed E-state index contributed by atoms with van der Waals surface area (Å²) in [7, 11) is -3.11. The molecule has 96 valence electrons. The van der Waals surface area contributed by atoms with Crippen LogP contribution in [-0.4, -0.2) is 32.8 Å². The monoisotopic (exact) mass is 248 g/mol. The second-order valence-electron chi connectivity index (χ2n) is 5.41. The lowest BCUT2D eigenvalue weighted by Gasteiger charge is -2.34. The summed E-state index contributed by atoms with van der Waals surface area (Å²) in [5.74, 6) is 0.672. The van der Waals surface area contributed by atoms with Crippen molar-refractivity contribution >= 4 is 10.0 Å². The number of rotatable bonds is 5. The predicted octanol–water partition coefficient (Wildman–Crippen LogP) is 1.09. The number of sulfonamides is 1. The van der Waals surface area contributed by atoms with E-state index in [-0.39, 0.29) is 11.3 Å². The molecule has 16 heavy (non-hydrogen) atoms. The van der Waals surface area contributed by atoms with Crippen molar-refractivity contribution in [2.75, 3.05) is 18.8 Å². The predicted molar refractivity (Wildman–Crippen MR) is 66.9 cm³/mol. The van der Waals surface area contributed by atoms with Crippen LogP contribution in [0.4, 0.5) is 0 Å². The summed E-state index contributed by atoms with van der Waals surface area (Å²) in [6.45, 7) is 7.87. The molecule has 0 saturated carbocycles. The van der Waals surface area contributed by atoms with E-state index in [1.54, 1.807) is 0 Å². The fraction of sp³-hybridized carbons (Fsp3) is 1.00. The maximum absolute atomic E-state index is 11.9. The van der Waals surface area contributed by atoms with E-state index < -0.39 is 10.0 Å². The van der Waals surface area contributed by atoms with Crippen LogP contribution in [0.1, 0.15) is 40.0 Å². The summed E-state index contributed by atoms with van der Waals surface area (Å²) >= 11 is 0. The van der Waals surface area contributed by atoms with Crippen molar-refractivity contribution in [1.29, 1.82) is 0 Å². The Kier molecular flexibility index (Phi) is 4.76. The molecule has 0 aromatic rings. The Balaban J connectivity index is 2.50. The van der Waals surface area contributed by atoms with Gasteiger partial charge >= 0.3 is 0 Å². The summed E-state index contributed by atoms with van der Waals surface area (Å²) < 4.78 is 26.6. The lowest BCUT2D eigenvalue weighted by atomic mass is 9.92. The highest BCUT2D eigenvalue weighted by atomic mass is 32.2. The SMILES string of the molecule is CC(C)CCS(=O)(=O)NC1(C)CCNCC1. The van der Waals surface area contributed by atoms with Crippen LogP contribution in [0, 0.1) is 5.92 Å². The van der Waals surface area contributed by atoms with E-state index in [1.165, 1.54) is 0 Å². The summed E-state index contributed by atoms with van der Waals surface area (Å²) in [5, 5.41) is 3.24. The van der Waals surface area contributed by atoms with Crippen molar-refractivity contribution in [3.05, 3.63) is 0 Å².